The van der Waals surface area contributed by atoms with E-state index in [2.05, 4.69) is 5.32 Å². The summed E-state index contributed by atoms with van der Waals surface area (Å²) in [5.41, 5.74) is 0.407. The summed E-state index contributed by atoms with van der Waals surface area (Å²) in [6.07, 6.45) is 1.55. The van der Waals surface area contributed by atoms with E-state index >= 15 is 0 Å². The Morgan fingerprint density at radius 2 is 2.20 bits per heavy atom. The van der Waals surface area contributed by atoms with Crippen molar-refractivity contribution in [2.45, 2.75) is 0 Å². The Morgan fingerprint density at radius 3 is 2.90 bits per heavy atom. The molecule has 1 N–H and O–H groups in total. The maximum absolute atomic E-state index is 10.8. The summed E-state index contributed by atoms with van der Waals surface area (Å²) in [6.45, 7) is 0. The van der Waals surface area contributed by atoms with E-state index in [0.717, 1.165) is 0 Å². The summed E-state index contributed by atoms with van der Waals surface area (Å²) in [5.74, 6) is -0.324. The molecule has 0 aromatic carbocycles. The Labute approximate surface area is 56.4 Å². The van der Waals surface area contributed by atoms with Crippen LogP contribution in [0.4, 0.5) is 4.79 Å². The molecule has 2 rings (SSSR count). The Kier molecular flexibility index (Phi) is 0.768. The third-order valence-electron chi connectivity index (χ3n) is 1.42. The number of hydrogen-bond acceptors (Lipinski definition) is 2. The summed E-state index contributed by atoms with van der Waals surface area (Å²) < 4.78 is 1.28. The maximum Gasteiger partial charge on any atom is 0.333 e. The van der Waals surface area contributed by atoms with Crippen LogP contribution in [0.1, 0.15) is 10.5 Å². The molecular formula is C6H4N2O2. The molecule has 1 aliphatic rings. The van der Waals surface area contributed by atoms with E-state index in [0.29, 0.717) is 5.69 Å². The molecule has 2 amide bonds. The first-order valence-corrected chi connectivity index (χ1v) is 2.82. The van der Waals surface area contributed by atoms with Gasteiger partial charge in [0.05, 0.1) is 0 Å². The maximum atomic E-state index is 10.8. The minimum atomic E-state index is -0.370. The number of nitrogens with one attached hydrogen (secondary N) is 1. The number of fused-ring (bicyclic) bond motifs is 1. The normalized spacial score (nSPS) is 15.2. The molecule has 0 fully saturated rings. The van der Waals surface area contributed by atoms with Crippen LogP contribution in [-0.4, -0.2) is 16.5 Å². The highest BCUT2D eigenvalue weighted by molar-refractivity contribution is 6.11. The van der Waals surface area contributed by atoms with Crippen LogP contribution in [-0.2, 0) is 0 Å². The third-order valence-corrected chi connectivity index (χ3v) is 1.42. The van der Waals surface area contributed by atoms with Crippen molar-refractivity contribution < 1.29 is 9.59 Å². The van der Waals surface area contributed by atoms with Gasteiger partial charge in [0.25, 0.3) is 5.91 Å². The SMILES string of the molecule is O=C1NC(=O)n2cccc21. The molecule has 1 aromatic rings. The Hall–Kier alpha value is -1.58. The lowest BCUT2D eigenvalue weighted by Gasteiger charge is -1.86. The summed E-state index contributed by atoms with van der Waals surface area (Å²) in [7, 11) is 0. The van der Waals surface area contributed by atoms with E-state index in [1.165, 1.54) is 4.57 Å². The van der Waals surface area contributed by atoms with Crippen LogP contribution < -0.4 is 5.32 Å². The first-order chi connectivity index (χ1) is 4.79. The van der Waals surface area contributed by atoms with Gasteiger partial charge in [0.1, 0.15) is 5.69 Å². The van der Waals surface area contributed by atoms with Crippen LogP contribution in [0.2, 0.25) is 0 Å². The van der Waals surface area contributed by atoms with Gasteiger partial charge < -0.3 is 0 Å². The van der Waals surface area contributed by atoms with Gasteiger partial charge in [-0.2, -0.15) is 0 Å². The molecule has 0 saturated heterocycles. The van der Waals surface area contributed by atoms with Gasteiger partial charge in [-0.25, -0.2) is 4.79 Å². The first kappa shape index (κ1) is 5.22. The smallest absolute Gasteiger partial charge is 0.272 e. The minimum absolute atomic E-state index is 0.324. The van der Waals surface area contributed by atoms with Gasteiger partial charge in [0, 0.05) is 6.20 Å². The molecule has 0 radical (unpaired) electrons. The quantitative estimate of drug-likeness (QED) is 0.553. The van der Waals surface area contributed by atoms with Gasteiger partial charge >= 0.3 is 6.03 Å². The molecule has 10 heavy (non-hydrogen) atoms. The van der Waals surface area contributed by atoms with Crippen LogP contribution in [0.25, 0.3) is 0 Å². The molecule has 4 heteroatoms. The molecule has 1 aliphatic heterocycles. The number of carbonyl (C=O) groups excluding carboxylic acids is 2. The zero-order valence-electron chi connectivity index (χ0n) is 5.00. The summed E-state index contributed by atoms with van der Waals surface area (Å²) in [4.78, 5) is 21.6. The number of nitrogens with zero attached hydrogens (tertiary/aromatic N) is 1. The predicted molar refractivity (Wildman–Crippen MR) is 32.7 cm³/mol. The molecule has 0 atom stereocenters. The van der Waals surface area contributed by atoms with Crippen molar-refractivity contribution in [2.75, 3.05) is 0 Å². The van der Waals surface area contributed by atoms with Crippen molar-refractivity contribution in [3.63, 3.8) is 0 Å². The molecule has 0 saturated carbocycles. The molecule has 0 bridgehead atoms. The Bertz CT molecular complexity index is 285. The molecule has 1 aromatic heterocycles. The van der Waals surface area contributed by atoms with Crippen molar-refractivity contribution in [1.82, 2.24) is 9.88 Å². The van der Waals surface area contributed by atoms with Crippen LogP contribution in [0.5, 0.6) is 0 Å². The zero-order chi connectivity index (χ0) is 7.14. The van der Waals surface area contributed by atoms with Crippen molar-refractivity contribution in [3.8, 4) is 0 Å². The molecule has 0 unspecified atom stereocenters. The second-order valence-corrected chi connectivity index (χ2v) is 2.02. The lowest BCUT2D eigenvalue weighted by molar-refractivity contribution is 0.0976. The van der Waals surface area contributed by atoms with Crippen molar-refractivity contribution in [2.24, 2.45) is 0 Å². The molecule has 0 aliphatic carbocycles. The molecule has 4 nitrogen and oxygen atoms in total. The van der Waals surface area contributed by atoms with E-state index in [-0.39, 0.29) is 11.9 Å². The largest absolute Gasteiger partial charge is 0.333 e. The lowest BCUT2D eigenvalue weighted by Crippen LogP contribution is -2.21. The van der Waals surface area contributed by atoms with Gasteiger partial charge in [0.2, 0.25) is 0 Å². The number of rotatable bonds is 0. The summed E-state index contributed by atoms with van der Waals surface area (Å²) in [5, 5.41) is 2.15. The average Bonchev–Trinajstić information content (AvgIpc) is 2.39. The highest BCUT2D eigenvalue weighted by atomic mass is 16.2. The highest BCUT2D eigenvalue weighted by Crippen LogP contribution is 2.06. The van der Waals surface area contributed by atoms with Gasteiger partial charge in [-0.3, -0.25) is 14.7 Å². The van der Waals surface area contributed by atoms with Crippen LogP contribution in [0.15, 0.2) is 18.3 Å². The van der Waals surface area contributed by atoms with Crippen molar-refractivity contribution in [3.05, 3.63) is 24.0 Å². The summed E-state index contributed by atoms with van der Waals surface area (Å²) in [6, 6.07) is 2.89. The molecule has 50 valence electrons. The van der Waals surface area contributed by atoms with E-state index in [4.69, 9.17) is 0 Å². The predicted octanol–water partition coefficient (Wildman–Crippen LogP) is 0.200. The second-order valence-electron chi connectivity index (χ2n) is 2.02. The fourth-order valence-corrected chi connectivity index (χ4v) is 0.964. The number of aromatic nitrogens is 1. The molecule has 0 spiro atoms. The third kappa shape index (κ3) is 0.452. The monoisotopic (exact) mass is 136 g/mol. The number of amides is 2. The van der Waals surface area contributed by atoms with Crippen LogP contribution in [0.3, 0.4) is 0 Å². The van der Waals surface area contributed by atoms with Gasteiger partial charge in [-0.15, -0.1) is 0 Å². The number of imide groups is 1. The second kappa shape index (κ2) is 1.47. The first-order valence-electron chi connectivity index (χ1n) is 2.82. The standard InChI is InChI=1S/C6H4N2O2/c9-5-4-2-1-3-8(4)6(10)7-5/h1-3H,(H,7,9,10). The van der Waals surface area contributed by atoms with E-state index in [1.807, 2.05) is 0 Å². The Morgan fingerprint density at radius 1 is 1.40 bits per heavy atom. The van der Waals surface area contributed by atoms with Gasteiger partial charge in [0.15, 0.2) is 0 Å². The van der Waals surface area contributed by atoms with Crippen molar-refractivity contribution >= 4 is 11.9 Å². The van der Waals surface area contributed by atoms with E-state index in [1.54, 1.807) is 18.3 Å². The number of hydrogen-bond donors (Lipinski definition) is 1. The molecular weight excluding hydrogens is 132 g/mol. The minimum Gasteiger partial charge on any atom is -0.272 e. The van der Waals surface area contributed by atoms with Crippen LogP contribution in [0, 0.1) is 0 Å². The van der Waals surface area contributed by atoms with Gasteiger partial charge in [-0.1, -0.05) is 0 Å². The lowest BCUT2D eigenvalue weighted by atomic mass is 10.4. The molecule has 2 heterocycles. The zero-order valence-corrected chi connectivity index (χ0v) is 5.00. The van der Waals surface area contributed by atoms with Crippen molar-refractivity contribution in [1.29, 1.82) is 0 Å². The van der Waals surface area contributed by atoms with Gasteiger partial charge in [-0.05, 0) is 12.1 Å². The average molecular weight is 136 g/mol. The summed E-state index contributed by atoms with van der Waals surface area (Å²) >= 11 is 0. The fourth-order valence-electron chi connectivity index (χ4n) is 0.964. The number of carbonyl (C=O) groups is 2. The highest BCUT2D eigenvalue weighted by Gasteiger charge is 2.24. The van der Waals surface area contributed by atoms with E-state index in [9.17, 15) is 9.59 Å². The fraction of sp³-hybridized carbons (Fsp3) is 0. The topological polar surface area (TPSA) is 51.1 Å². The van der Waals surface area contributed by atoms with Crippen LogP contribution >= 0.6 is 0 Å². The van der Waals surface area contributed by atoms with E-state index < -0.39 is 0 Å². The Balaban J connectivity index is 2.69.